The van der Waals surface area contributed by atoms with Gasteiger partial charge in [-0.3, -0.25) is 4.79 Å². The molecule has 2 rings (SSSR count). The number of carbonyl (C=O) groups excluding carboxylic acids is 1. The number of benzene rings is 1. The Bertz CT molecular complexity index is 459. The van der Waals surface area contributed by atoms with Gasteiger partial charge in [-0.1, -0.05) is 25.3 Å². The van der Waals surface area contributed by atoms with Crippen LogP contribution in [0.1, 0.15) is 48.0 Å². The average Bonchev–Trinajstić information content (AvgIpc) is 2.55. The fraction of sp³-hybridized carbons (Fsp3) is 0.533. The van der Waals surface area contributed by atoms with Crippen molar-refractivity contribution in [3.63, 3.8) is 0 Å². The molecule has 1 saturated carbocycles. The molecule has 0 spiro atoms. The highest BCUT2D eigenvalue weighted by Crippen LogP contribution is 2.20. The van der Waals surface area contributed by atoms with Crippen molar-refractivity contribution in [1.29, 1.82) is 0 Å². The number of carbonyl (C=O) groups is 1. The predicted molar refractivity (Wildman–Crippen MR) is 75.2 cm³/mol. The van der Waals surface area contributed by atoms with Gasteiger partial charge < -0.3 is 16.2 Å². The van der Waals surface area contributed by atoms with Crippen LogP contribution in [-0.2, 0) is 0 Å². The van der Waals surface area contributed by atoms with Crippen LogP contribution in [0.15, 0.2) is 18.2 Å². The molecular formula is C15H22N2O2. The van der Waals surface area contributed by atoms with Crippen LogP contribution in [0.5, 0.6) is 5.75 Å². The van der Waals surface area contributed by atoms with Crippen LogP contribution in [0.2, 0.25) is 0 Å². The summed E-state index contributed by atoms with van der Waals surface area (Å²) >= 11 is 0. The van der Waals surface area contributed by atoms with Gasteiger partial charge in [0.05, 0.1) is 5.56 Å². The molecule has 104 valence electrons. The predicted octanol–water partition coefficient (Wildman–Crippen LogP) is 2.09. The maximum absolute atomic E-state index is 12.2. The first-order valence-electron chi connectivity index (χ1n) is 6.94. The van der Waals surface area contributed by atoms with E-state index in [1.165, 1.54) is 6.42 Å². The fourth-order valence-corrected chi connectivity index (χ4v) is 2.60. The first-order valence-corrected chi connectivity index (χ1v) is 6.94. The zero-order valence-electron chi connectivity index (χ0n) is 11.4. The molecule has 1 amide bonds. The van der Waals surface area contributed by atoms with Gasteiger partial charge in [0.2, 0.25) is 0 Å². The molecule has 1 fully saturated rings. The van der Waals surface area contributed by atoms with Crippen LogP contribution in [-0.4, -0.2) is 23.1 Å². The maximum atomic E-state index is 12.2. The number of aryl methyl sites for hydroxylation is 1. The van der Waals surface area contributed by atoms with E-state index in [0.29, 0.717) is 5.56 Å². The molecule has 1 aromatic rings. The molecule has 0 aromatic heterocycles. The number of phenolic OH excluding ortho intramolecular Hbond substituents is 1. The Labute approximate surface area is 114 Å². The molecule has 2 unspecified atom stereocenters. The Morgan fingerprint density at radius 3 is 2.79 bits per heavy atom. The third kappa shape index (κ3) is 3.47. The number of amides is 1. The molecule has 4 N–H and O–H groups in total. The molecule has 19 heavy (non-hydrogen) atoms. The van der Waals surface area contributed by atoms with Crippen molar-refractivity contribution in [1.82, 2.24) is 5.32 Å². The van der Waals surface area contributed by atoms with Crippen molar-refractivity contribution in [2.24, 2.45) is 5.73 Å². The second kappa shape index (κ2) is 6.06. The van der Waals surface area contributed by atoms with Crippen molar-refractivity contribution in [3.8, 4) is 5.75 Å². The Balaban J connectivity index is 2.07. The van der Waals surface area contributed by atoms with Gasteiger partial charge in [-0.25, -0.2) is 0 Å². The summed E-state index contributed by atoms with van der Waals surface area (Å²) in [6, 6.07) is 5.10. The van der Waals surface area contributed by atoms with Gasteiger partial charge in [0.15, 0.2) is 0 Å². The van der Waals surface area contributed by atoms with Crippen LogP contribution in [0.3, 0.4) is 0 Å². The molecule has 1 aliphatic rings. The fourth-order valence-electron chi connectivity index (χ4n) is 2.60. The van der Waals surface area contributed by atoms with E-state index in [2.05, 4.69) is 5.32 Å². The SMILES string of the molecule is Cc1ccc(C(=O)NC2CCCCCC2N)c(O)c1. The minimum Gasteiger partial charge on any atom is -0.507 e. The molecule has 0 bridgehead atoms. The maximum Gasteiger partial charge on any atom is 0.255 e. The summed E-state index contributed by atoms with van der Waals surface area (Å²) in [4.78, 5) is 12.2. The van der Waals surface area contributed by atoms with Crippen LogP contribution in [0.4, 0.5) is 0 Å². The van der Waals surface area contributed by atoms with E-state index >= 15 is 0 Å². The third-order valence-corrected chi connectivity index (χ3v) is 3.78. The summed E-state index contributed by atoms with van der Waals surface area (Å²) < 4.78 is 0. The molecule has 0 radical (unpaired) electrons. The first-order chi connectivity index (χ1) is 9.08. The number of nitrogens with one attached hydrogen (secondary N) is 1. The Kier molecular flexibility index (Phi) is 4.43. The highest BCUT2D eigenvalue weighted by atomic mass is 16.3. The average molecular weight is 262 g/mol. The highest BCUT2D eigenvalue weighted by Gasteiger charge is 2.23. The summed E-state index contributed by atoms with van der Waals surface area (Å²) in [6.07, 6.45) is 5.27. The van der Waals surface area contributed by atoms with E-state index in [0.717, 1.165) is 31.2 Å². The number of aromatic hydroxyl groups is 1. The molecule has 0 heterocycles. The normalized spacial score (nSPS) is 23.7. The topological polar surface area (TPSA) is 75.4 Å². The smallest absolute Gasteiger partial charge is 0.255 e. The largest absolute Gasteiger partial charge is 0.507 e. The quantitative estimate of drug-likeness (QED) is 0.714. The van der Waals surface area contributed by atoms with Crippen molar-refractivity contribution < 1.29 is 9.90 Å². The van der Waals surface area contributed by atoms with Gasteiger partial charge in [-0.05, 0) is 37.5 Å². The zero-order chi connectivity index (χ0) is 13.8. The summed E-state index contributed by atoms with van der Waals surface area (Å²) in [5, 5.41) is 12.8. The van der Waals surface area contributed by atoms with E-state index in [1.807, 2.05) is 13.0 Å². The van der Waals surface area contributed by atoms with Crippen molar-refractivity contribution in [2.75, 3.05) is 0 Å². The second-order valence-corrected chi connectivity index (χ2v) is 5.40. The van der Waals surface area contributed by atoms with Crippen LogP contribution in [0.25, 0.3) is 0 Å². The lowest BCUT2D eigenvalue weighted by Gasteiger charge is -2.22. The van der Waals surface area contributed by atoms with Gasteiger partial charge >= 0.3 is 0 Å². The lowest BCUT2D eigenvalue weighted by molar-refractivity contribution is 0.0926. The van der Waals surface area contributed by atoms with E-state index in [1.54, 1.807) is 12.1 Å². The first kappa shape index (κ1) is 13.9. The number of hydrogen-bond acceptors (Lipinski definition) is 3. The molecular weight excluding hydrogens is 240 g/mol. The summed E-state index contributed by atoms with van der Waals surface area (Å²) in [7, 11) is 0. The van der Waals surface area contributed by atoms with Crippen LogP contribution in [0, 0.1) is 6.92 Å². The van der Waals surface area contributed by atoms with Gasteiger partial charge in [-0.15, -0.1) is 0 Å². The number of nitrogens with two attached hydrogens (primary N) is 1. The molecule has 0 saturated heterocycles. The Morgan fingerprint density at radius 2 is 2.05 bits per heavy atom. The zero-order valence-corrected chi connectivity index (χ0v) is 11.4. The Morgan fingerprint density at radius 1 is 1.32 bits per heavy atom. The molecule has 1 aromatic carbocycles. The van der Waals surface area contributed by atoms with Gasteiger partial charge in [0.25, 0.3) is 5.91 Å². The molecule has 4 heteroatoms. The van der Waals surface area contributed by atoms with Crippen molar-refractivity contribution >= 4 is 5.91 Å². The summed E-state index contributed by atoms with van der Waals surface area (Å²) in [6.45, 7) is 1.88. The monoisotopic (exact) mass is 262 g/mol. The lowest BCUT2D eigenvalue weighted by Crippen LogP contribution is -2.46. The second-order valence-electron chi connectivity index (χ2n) is 5.40. The van der Waals surface area contributed by atoms with Crippen LogP contribution >= 0.6 is 0 Å². The van der Waals surface area contributed by atoms with E-state index in [9.17, 15) is 9.90 Å². The number of phenols is 1. The van der Waals surface area contributed by atoms with Crippen molar-refractivity contribution in [3.05, 3.63) is 29.3 Å². The Hall–Kier alpha value is -1.55. The summed E-state index contributed by atoms with van der Waals surface area (Å²) in [5.41, 5.74) is 7.34. The standard InChI is InChI=1S/C15H22N2O2/c1-10-7-8-11(14(18)9-10)15(19)17-13-6-4-2-3-5-12(13)16/h7-9,12-13,18H,2-6,16H2,1H3,(H,17,19). The molecule has 2 atom stereocenters. The minimum absolute atomic E-state index is 0.00991. The van der Waals surface area contributed by atoms with Gasteiger partial charge in [0.1, 0.15) is 5.75 Å². The van der Waals surface area contributed by atoms with Gasteiger partial charge in [-0.2, -0.15) is 0 Å². The van der Waals surface area contributed by atoms with Crippen molar-refractivity contribution in [2.45, 2.75) is 51.1 Å². The van der Waals surface area contributed by atoms with Crippen LogP contribution < -0.4 is 11.1 Å². The van der Waals surface area contributed by atoms with E-state index in [4.69, 9.17) is 5.73 Å². The van der Waals surface area contributed by atoms with E-state index in [-0.39, 0.29) is 23.7 Å². The molecule has 4 nitrogen and oxygen atoms in total. The van der Waals surface area contributed by atoms with E-state index < -0.39 is 0 Å². The number of hydrogen-bond donors (Lipinski definition) is 3. The molecule has 0 aliphatic heterocycles. The summed E-state index contributed by atoms with van der Waals surface area (Å²) in [5.74, 6) is -0.209. The number of rotatable bonds is 2. The van der Waals surface area contributed by atoms with Gasteiger partial charge in [0, 0.05) is 12.1 Å². The molecule has 1 aliphatic carbocycles. The minimum atomic E-state index is -0.236. The third-order valence-electron chi connectivity index (χ3n) is 3.78. The highest BCUT2D eigenvalue weighted by molar-refractivity contribution is 5.97. The lowest BCUT2D eigenvalue weighted by atomic mass is 10.0.